The first-order chi connectivity index (χ1) is 12.2. The molecule has 1 spiro atoms. The van der Waals surface area contributed by atoms with E-state index in [1.807, 2.05) is 0 Å². The summed E-state index contributed by atoms with van der Waals surface area (Å²) >= 11 is 0. The summed E-state index contributed by atoms with van der Waals surface area (Å²) in [6.07, 6.45) is 10.6. The number of rotatable bonds is 3. The molecule has 1 aromatic carbocycles. The molecule has 4 rings (SSSR count). The third-order valence-electron chi connectivity index (χ3n) is 5.62. The van der Waals surface area contributed by atoms with Crippen LogP contribution in [0, 0.1) is 0 Å². The highest BCUT2D eigenvalue weighted by Crippen LogP contribution is 2.36. The third kappa shape index (κ3) is 4.70. The van der Waals surface area contributed by atoms with Crippen molar-refractivity contribution >= 4 is 35.6 Å². The van der Waals surface area contributed by atoms with Crippen molar-refractivity contribution in [2.45, 2.75) is 69.7 Å². The highest BCUT2D eigenvalue weighted by Gasteiger charge is 2.41. The number of benzene rings is 1. The summed E-state index contributed by atoms with van der Waals surface area (Å²) in [6, 6.07) is 6.48. The molecule has 0 aromatic heterocycles. The smallest absolute Gasteiger partial charge is 0.193 e. The number of nitrogens with one attached hydrogen (secondary N) is 1. The second-order valence-corrected chi connectivity index (χ2v) is 7.56. The fourth-order valence-corrected chi connectivity index (χ4v) is 4.27. The molecule has 2 fully saturated rings. The maximum atomic E-state index is 6.22. The first-order valence-corrected chi connectivity index (χ1v) is 9.73. The van der Waals surface area contributed by atoms with E-state index in [2.05, 4.69) is 28.5 Å². The average molecular weight is 471 g/mol. The van der Waals surface area contributed by atoms with Crippen LogP contribution in [0.4, 0.5) is 5.69 Å². The molecular formula is C20H30IN3O2. The lowest BCUT2D eigenvalue weighted by atomic mass is 10.1. The molecule has 1 saturated carbocycles. The molecule has 26 heavy (non-hydrogen) atoms. The third-order valence-corrected chi connectivity index (χ3v) is 5.62. The van der Waals surface area contributed by atoms with E-state index in [0.29, 0.717) is 19.1 Å². The predicted molar refractivity (Wildman–Crippen MR) is 115 cm³/mol. The van der Waals surface area contributed by atoms with Crippen LogP contribution in [0.2, 0.25) is 0 Å². The van der Waals surface area contributed by atoms with E-state index in [1.54, 1.807) is 0 Å². The Hall–Kier alpha value is -0.860. The Morgan fingerprint density at radius 2 is 1.88 bits per heavy atom. The van der Waals surface area contributed by atoms with Gasteiger partial charge in [-0.05, 0) is 55.4 Å². The van der Waals surface area contributed by atoms with Crippen molar-refractivity contribution < 1.29 is 9.47 Å². The second kappa shape index (κ2) is 8.89. The topological polar surface area (TPSA) is 68.9 Å². The fraction of sp³-hybridized carbons (Fsp3) is 0.650. The standard InChI is InChI=1S/C20H29N3O2.HI/c21-19(23-17-9-8-15-6-5-7-16(15)12-17)22-13-18-14-24-20(25-18)10-3-1-2-4-11-20;/h8-9,12,18H,1-7,10-11,13-14H2,(H3,21,22,23);1H. The Morgan fingerprint density at radius 3 is 2.69 bits per heavy atom. The molecule has 3 aliphatic rings. The van der Waals surface area contributed by atoms with E-state index < -0.39 is 0 Å². The lowest BCUT2D eigenvalue weighted by molar-refractivity contribution is -0.174. The lowest BCUT2D eigenvalue weighted by Crippen LogP contribution is -2.31. The van der Waals surface area contributed by atoms with Crippen LogP contribution in [0.1, 0.15) is 56.1 Å². The molecule has 1 aliphatic heterocycles. The summed E-state index contributed by atoms with van der Waals surface area (Å²) in [6.45, 7) is 1.17. The summed E-state index contributed by atoms with van der Waals surface area (Å²) in [4.78, 5) is 4.47. The molecule has 144 valence electrons. The average Bonchev–Trinajstić information content (AvgIpc) is 3.16. The van der Waals surface area contributed by atoms with Crippen LogP contribution in [0.3, 0.4) is 0 Å². The number of fused-ring (bicyclic) bond motifs is 1. The minimum atomic E-state index is -0.348. The van der Waals surface area contributed by atoms with E-state index in [-0.39, 0.29) is 35.9 Å². The molecule has 0 bridgehead atoms. The summed E-state index contributed by atoms with van der Waals surface area (Å²) in [5, 5.41) is 3.21. The molecule has 2 aliphatic carbocycles. The number of guanidine groups is 1. The van der Waals surface area contributed by atoms with E-state index >= 15 is 0 Å². The number of aliphatic imine (C=N–C) groups is 1. The number of hydrogen-bond donors (Lipinski definition) is 2. The van der Waals surface area contributed by atoms with Crippen LogP contribution in [-0.4, -0.2) is 31.0 Å². The molecule has 0 amide bonds. The highest BCUT2D eigenvalue weighted by atomic mass is 127. The maximum absolute atomic E-state index is 6.22. The van der Waals surface area contributed by atoms with Crippen molar-refractivity contribution in [1.29, 1.82) is 0 Å². The number of halogens is 1. The Balaban J connectivity index is 0.00000196. The molecule has 1 atom stereocenters. The van der Waals surface area contributed by atoms with Crippen LogP contribution in [0.25, 0.3) is 0 Å². The maximum Gasteiger partial charge on any atom is 0.193 e. The Kier molecular flexibility index (Phi) is 6.80. The second-order valence-electron chi connectivity index (χ2n) is 7.56. The SMILES string of the molecule is I.NC(=NCC1COC2(CCCCCC2)O1)Nc1ccc2c(c1)CCC2. The largest absolute Gasteiger partial charge is 0.370 e. The van der Waals surface area contributed by atoms with E-state index in [0.717, 1.165) is 24.9 Å². The molecule has 6 heteroatoms. The van der Waals surface area contributed by atoms with Crippen molar-refractivity contribution in [3.8, 4) is 0 Å². The predicted octanol–water partition coefficient (Wildman–Crippen LogP) is 3.99. The van der Waals surface area contributed by atoms with Crippen LogP contribution in [0.5, 0.6) is 0 Å². The monoisotopic (exact) mass is 471 g/mol. The van der Waals surface area contributed by atoms with Gasteiger partial charge in [0.05, 0.1) is 13.2 Å². The van der Waals surface area contributed by atoms with Crippen molar-refractivity contribution in [1.82, 2.24) is 0 Å². The zero-order valence-corrected chi connectivity index (χ0v) is 17.7. The van der Waals surface area contributed by atoms with Gasteiger partial charge in [0.1, 0.15) is 6.10 Å². The van der Waals surface area contributed by atoms with Gasteiger partial charge in [-0.1, -0.05) is 18.9 Å². The number of nitrogens with two attached hydrogens (primary N) is 1. The number of nitrogens with zero attached hydrogens (tertiary/aromatic N) is 1. The van der Waals surface area contributed by atoms with Gasteiger partial charge in [-0.15, -0.1) is 24.0 Å². The Morgan fingerprint density at radius 1 is 1.12 bits per heavy atom. The lowest BCUT2D eigenvalue weighted by Gasteiger charge is -2.26. The van der Waals surface area contributed by atoms with Crippen molar-refractivity contribution in [2.75, 3.05) is 18.5 Å². The Bertz CT molecular complexity index is 642. The van der Waals surface area contributed by atoms with E-state index in [1.165, 1.54) is 49.7 Å². The van der Waals surface area contributed by atoms with Gasteiger partial charge in [-0.3, -0.25) is 4.99 Å². The minimum Gasteiger partial charge on any atom is -0.370 e. The van der Waals surface area contributed by atoms with Gasteiger partial charge in [-0.25, -0.2) is 0 Å². The zero-order chi connectivity index (χ0) is 17.1. The van der Waals surface area contributed by atoms with Gasteiger partial charge in [0, 0.05) is 18.5 Å². The molecule has 0 radical (unpaired) electrons. The van der Waals surface area contributed by atoms with E-state index in [4.69, 9.17) is 15.2 Å². The van der Waals surface area contributed by atoms with Gasteiger partial charge in [0.2, 0.25) is 0 Å². The molecule has 5 nitrogen and oxygen atoms in total. The van der Waals surface area contributed by atoms with Crippen molar-refractivity contribution in [3.63, 3.8) is 0 Å². The van der Waals surface area contributed by atoms with Crippen LogP contribution >= 0.6 is 24.0 Å². The summed E-state index contributed by atoms with van der Waals surface area (Å²) in [5.74, 6) is 0.0992. The molecule has 1 saturated heterocycles. The first kappa shape index (κ1) is 19.9. The van der Waals surface area contributed by atoms with Crippen LogP contribution < -0.4 is 11.1 Å². The van der Waals surface area contributed by atoms with Crippen LogP contribution in [-0.2, 0) is 22.3 Å². The summed E-state index contributed by atoms with van der Waals surface area (Å²) in [7, 11) is 0. The summed E-state index contributed by atoms with van der Waals surface area (Å²) in [5.41, 5.74) is 9.98. The van der Waals surface area contributed by atoms with Crippen molar-refractivity contribution in [2.24, 2.45) is 10.7 Å². The first-order valence-electron chi connectivity index (χ1n) is 9.73. The molecule has 1 heterocycles. The number of anilines is 1. The Labute approximate surface area is 173 Å². The fourth-order valence-electron chi connectivity index (χ4n) is 4.27. The van der Waals surface area contributed by atoms with Crippen molar-refractivity contribution in [3.05, 3.63) is 29.3 Å². The van der Waals surface area contributed by atoms with Gasteiger partial charge >= 0.3 is 0 Å². The number of aryl methyl sites for hydroxylation is 2. The zero-order valence-electron chi connectivity index (χ0n) is 15.3. The molecule has 1 aromatic rings. The highest BCUT2D eigenvalue weighted by molar-refractivity contribution is 14.0. The minimum absolute atomic E-state index is 0. The molecule has 1 unspecified atom stereocenters. The quantitative estimate of drug-likeness (QED) is 0.398. The number of hydrogen-bond acceptors (Lipinski definition) is 3. The molecular weight excluding hydrogens is 441 g/mol. The van der Waals surface area contributed by atoms with Gasteiger partial charge in [0.25, 0.3) is 0 Å². The van der Waals surface area contributed by atoms with Gasteiger partial charge in [-0.2, -0.15) is 0 Å². The van der Waals surface area contributed by atoms with Gasteiger partial charge < -0.3 is 20.5 Å². The number of ether oxygens (including phenoxy) is 2. The summed E-state index contributed by atoms with van der Waals surface area (Å²) < 4.78 is 12.2. The molecule has 3 N–H and O–H groups in total. The van der Waals surface area contributed by atoms with Crippen LogP contribution in [0.15, 0.2) is 23.2 Å². The normalized spacial score (nSPS) is 24.8. The van der Waals surface area contributed by atoms with Gasteiger partial charge in [0.15, 0.2) is 11.7 Å². The van der Waals surface area contributed by atoms with E-state index in [9.17, 15) is 0 Å².